The zero-order valence-electron chi connectivity index (χ0n) is 14.0. The minimum atomic E-state index is -0.729. The van der Waals surface area contributed by atoms with Crippen molar-refractivity contribution in [3.8, 4) is 0 Å². The van der Waals surface area contributed by atoms with Gasteiger partial charge < -0.3 is 0 Å². The van der Waals surface area contributed by atoms with Gasteiger partial charge in [-0.25, -0.2) is 4.39 Å². The summed E-state index contributed by atoms with van der Waals surface area (Å²) in [5.74, 6) is 2.80. The minimum absolute atomic E-state index is 0.0504. The summed E-state index contributed by atoms with van der Waals surface area (Å²) in [6, 6.07) is 0. The number of carbonyl (C=O) groups excluding carboxylic acids is 1. The maximum absolute atomic E-state index is 14.9. The van der Waals surface area contributed by atoms with E-state index in [0.717, 1.165) is 12.8 Å². The first-order valence-corrected chi connectivity index (χ1v) is 9.36. The first-order chi connectivity index (χ1) is 10.5. The van der Waals surface area contributed by atoms with Crippen molar-refractivity contribution in [3.05, 3.63) is 11.6 Å². The first-order valence-electron chi connectivity index (χ1n) is 9.36. The molecule has 0 saturated heterocycles. The van der Waals surface area contributed by atoms with Gasteiger partial charge in [-0.2, -0.15) is 0 Å². The van der Waals surface area contributed by atoms with E-state index in [4.69, 9.17) is 0 Å². The standard InChI is InChI=1S/C20H29FO/c1-3-12-4-7-18-16-11-19(21)17-10-13(22)5-6-14(17)15(16)8-9-20(12,18)2/h3,14-19H,4-11H2,1-2H3/b12-3-/t14?,15-,16-,17+,18+,19-,20?/m1/s1. The van der Waals surface area contributed by atoms with Crippen LogP contribution < -0.4 is 0 Å². The number of carbonyl (C=O) groups is 1. The van der Waals surface area contributed by atoms with Crippen molar-refractivity contribution in [2.24, 2.45) is 35.0 Å². The molecule has 0 amide bonds. The van der Waals surface area contributed by atoms with Crippen LogP contribution >= 0.6 is 0 Å². The molecule has 2 unspecified atom stereocenters. The smallest absolute Gasteiger partial charge is 0.133 e. The molecule has 4 rings (SSSR count). The number of ketones is 1. The van der Waals surface area contributed by atoms with Crippen LogP contribution in [0.3, 0.4) is 0 Å². The van der Waals surface area contributed by atoms with Gasteiger partial charge in [0.2, 0.25) is 0 Å². The average Bonchev–Trinajstić information content (AvgIpc) is 2.84. The molecule has 0 spiro atoms. The van der Waals surface area contributed by atoms with E-state index >= 15 is 0 Å². The molecule has 122 valence electrons. The molecule has 0 aromatic carbocycles. The van der Waals surface area contributed by atoms with Crippen molar-refractivity contribution >= 4 is 5.78 Å². The minimum Gasteiger partial charge on any atom is -0.300 e. The molecule has 2 heteroatoms. The van der Waals surface area contributed by atoms with Crippen LogP contribution in [0, 0.1) is 35.0 Å². The summed E-state index contributed by atoms with van der Waals surface area (Å²) in [5, 5.41) is 0. The van der Waals surface area contributed by atoms with Crippen molar-refractivity contribution in [3.63, 3.8) is 0 Å². The maximum atomic E-state index is 14.9. The molecular formula is C20H29FO. The second-order valence-corrected chi connectivity index (χ2v) is 8.60. The second kappa shape index (κ2) is 5.18. The van der Waals surface area contributed by atoms with Gasteiger partial charge in [0.1, 0.15) is 12.0 Å². The van der Waals surface area contributed by atoms with E-state index < -0.39 is 6.17 Å². The topological polar surface area (TPSA) is 17.1 Å². The van der Waals surface area contributed by atoms with Crippen LogP contribution in [0.25, 0.3) is 0 Å². The Morgan fingerprint density at radius 2 is 1.86 bits per heavy atom. The van der Waals surface area contributed by atoms with E-state index in [1.54, 1.807) is 5.57 Å². The summed E-state index contributed by atoms with van der Waals surface area (Å²) in [5.41, 5.74) is 1.97. The molecule has 4 aliphatic rings. The lowest BCUT2D eigenvalue weighted by atomic mass is 9.50. The molecule has 7 atom stereocenters. The molecule has 0 aromatic heterocycles. The van der Waals surface area contributed by atoms with Gasteiger partial charge in [-0.3, -0.25) is 4.79 Å². The molecule has 1 nitrogen and oxygen atoms in total. The van der Waals surface area contributed by atoms with Crippen molar-refractivity contribution in [2.75, 3.05) is 0 Å². The van der Waals surface area contributed by atoms with Crippen LogP contribution in [0.1, 0.15) is 65.2 Å². The van der Waals surface area contributed by atoms with E-state index in [-0.39, 0.29) is 5.92 Å². The SMILES string of the molecule is C/C=C1/CC[C@H]2[C@@H]3C[C@@H](F)[C@H]4CC(=O)CCC4[C@H]3CCC12C. The van der Waals surface area contributed by atoms with Gasteiger partial charge in [-0.05, 0) is 74.5 Å². The van der Waals surface area contributed by atoms with Gasteiger partial charge >= 0.3 is 0 Å². The van der Waals surface area contributed by atoms with Gasteiger partial charge in [0.25, 0.3) is 0 Å². The lowest BCUT2D eigenvalue weighted by Gasteiger charge is -2.55. The van der Waals surface area contributed by atoms with Crippen molar-refractivity contribution < 1.29 is 9.18 Å². The fourth-order valence-electron chi connectivity index (χ4n) is 6.93. The van der Waals surface area contributed by atoms with E-state index in [1.165, 1.54) is 25.7 Å². The average molecular weight is 304 g/mol. The van der Waals surface area contributed by atoms with Crippen LogP contribution in [-0.2, 0) is 4.79 Å². The third-order valence-electron chi connectivity index (χ3n) is 7.97. The number of fused-ring (bicyclic) bond motifs is 5. The fourth-order valence-corrected chi connectivity index (χ4v) is 6.93. The third kappa shape index (κ3) is 1.98. The highest BCUT2D eigenvalue weighted by Crippen LogP contribution is 2.64. The number of rotatable bonds is 0. The quantitative estimate of drug-likeness (QED) is 0.569. The van der Waals surface area contributed by atoms with Gasteiger partial charge in [-0.1, -0.05) is 18.6 Å². The fraction of sp³-hybridized carbons (Fsp3) is 0.850. The highest BCUT2D eigenvalue weighted by Gasteiger charge is 2.57. The lowest BCUT2D eigenvalue weighted by Crippen LogP contribution is -2.51. The van der Waals surface area contributed by atoms with Crippen LogP contribution in [-0.4, -0.2) is 12.0 Å². The molecule has 0 heterocycles. The van der Waals surface area contributed by atoms with E-state index in [0.29, 0.717) is 47.7 Å². The molecule has 4 fully saturated rings. The summed E-state index contributed by atoms with van der Waals surface area (Å²) >= 11 is 0. The highest BCUT2D eigenvalue weighted by molar-refractivity contribution is 5.79. The highest BCUT2D eigenvalue weighted by atomic mass is 19.1. The van der Waals surface area contributed by atoms with E-state index in [1.807, 2.05) is 0 Å². The molecule has 0 aromatic rings. The lowest BCUT2D eigenvalue weighted by molar-refractivity contribution is -0.131. The number of alkyl halides is 1. The number of halogens is 1. The maximum Gasteiger partial charge on any atom is 0.133 e. The summed E-state index contributed by atoms with van der Waals surface area (Å²) in [7, 11) is 0. The summed E-state index contributed by atoms with van der Waals surface area (Å²) in [6.45, 7) is 4.62. The molecule has 22 heavy (non-hydrogen) atoms. The molecule has 4 saturated carbocycles. The number of allylic oxidation sites excluding steroid dienone is 2. The number of hydrogen-bond acceptors (Lipinski definition) is 1. The molecule has 0 bridgehead atoms. The van der Waals surface area contributed by atoms with Crippen molar-refractivity contribution in [1.29, 1.82) is 0 Å². The first kappa shape index (κ1) is 14.9. The molecule has 0 N–H and O–H groups in total. The third-order valence-corrected chi connectivity index (χ3v) is 7.97. The summed E-state index contributed by atoms with van der Waals surface area (Å²) in [6.07, 6.45) is 9.57. The Labute approximate surface area is 133 Å². The van der Waals surface area contributed by atoms with E-state index in [2.05, 4.69) is 19.9 Å². The zero-order valence-corrected chi connectivity index (χ0v) is 14.0. The Balaban J connectivity index is 1.63. The van der Waals surface area contributed by atoms with Crippen LogP contribution in [0.2, 0.25) is 0 Å². The predicted octanol–water partition coefficient (Wildman–Crippen LogP) is 5.10. The van der Waals surface area contributed by atoms with Gasteiger partial charge in [0.15, 0.2) is 0 Å². The predicted molar refractivity (Wildman–Crippen MR) is 86.2 cm³/mol. The van der Waals surface area contributed by atoms with Gasteiger partial charge in [0, 0.05) is 18.8 Å². The monoisotopic (exact) mass is 304 g/mol. The van der Waals surface area contributed by atoms with Gasteiger partial charge in [-0.15, -0.1) is 0 Å². The number of Topliss-reactive ketones (excluding diaryl/α,β-unsaturated/α-hetero) is 1. The summed E-state index contributed by atoms with van der Waals surface area (Å²) < 4.78 is 14.9. The van der Waals surface area contributed by atoms with Crippen molar-refractivity contribution in [1.82, 2.24) is 0 Å². The zero-order chi connectivity index (χ0) is 15.5. The normalized spacial score (nSPS) is 53.0. The molecule has 0 aliphatic heterocycles. The van der Waals surface area contributed by atoms with Crippen LogP contribution in [0.5, 0.6) is 0 Å². The van der Waals surface area contributed by atoms with Crippen LogP contribution in [0.4, 0.5) is 4.39 Å². The Morgan fingerprint density at radius 3 is 2.64 bits per heavy atom. The second-order valence-electron chi connectivity index (χ2n) is 8.60. The number of hydrogen-bond donors (Lipinski definition) is 0. The van der Waals surface area contributed by atoms with Crippen LogP contribution in [0.15, 0.2) is 11.6 Å². The Hall–Kier alpha value is -0.660. The molecular weight excluding hydrogens is 275 g/mol. The Bertz CT molecular complexity index is 510. The summed E-state index contributed by atoms with van der Waals surface area (Å²) in [4.78, 5) is 11.8. The van der Waals surface area contributed by atoms with Crippen molar-refractivity contribution in [2.45, 2.75) is 71.4 Å². The molecule has 0 radical (unpaired) electrons. The Morgan fingerprint density at radius 1 is 1.09 bits per heavy atom. The van der Waals surface area contributed by atoms with E-state index in [9.17, 15) is 9.18 Å². The Kier molecular flexibility index (Phi) is 3.51. The largest absolute Gasteiger partial charge is 0.300 e. The van der Waals surface area contributed by atoms with Gasteiger partial charge in [0.05, 0.1) is 0 Å². The molecule has 4 aliphatic carbocycles.